The number of carbonyl (C=O) groups is 1. The number of amides is 1. The van der Waals surface area contributed by atoms with Gasteiger partial charge in [-0.05, 0) is 61.4 Å². The minimum atomic E-state index is -3.62. The highest BCUT2D eigenvalue weighted by Gasteiger charge is 2.29. The Morgan fingerprint density at radius 2 is 1.75 bits per heavy atom. The van der Waals surface area contributed by atoms with E-state index in [9.17, 15) is 18.3 Å². The third kappa shape index (κ3) is 4.86. The summed E-state index contributed by atoms with van der Waals surface area (Å²) in [5.41, 5.74) is 2.20. The van der Waals surface area contributed by atoms with Crippen LogP contribution in [0.4, 0.5) is 5.69 Å². The van der Waals surface area contributed by atoms with Gasteiger partial charge in [-0.25, -0.2) is 13.4 Å². The molecule has 1 amide bonds. The molecule has 5 rings (SSSR count). The van der Waals surface area contributed by atoms with Crippen LogP contribution < -0.4 is 5.32 Å². The number of phenols is 1. The third-order valence-electron chi connectivity index (χ3n) is 6.66. The highest BCUT2D eigenvalue weighted by Crippen LogP contribution is 2.36. The van der Waals surface area contributed by atoms with E-state index in [1.54, 1.807) is 19.2 Å². The topological polar surface area (TPSA) is 99.6 Å². The lowest BCUT2D eigenvalue weighted by Crippen LogP contribution is -2.38. The Morgan fingerprint density at radius 1 is 1.03 bits per heavy atom. The average Bonchev–Trinajstić information content (AvgIpc) is 3.33. The standard InChI is InChI=1S/C27H27N3O4S2/c1-30(20-7-3-2-4-8-20)36(33,34)21-14-11-18(12-15-21)26(32)28-19-13-16-22(24(31)17-19)27-29-23-9-5-6-10-25(23)35-27/h5-6,9-17,20,31H,2-4,7-8H2,1H3,(H,28,32). The van der Waals surface area contributed by atoms with Crippen LogP contribution in [0, 0.1) is 0 Å². The van der Waals surface area contributed by atoms with E-state index in [1.165, 1.54) is 46.0 Å². The first kappa shape index (κ1) is 24.4. The summed E-state index contributed by atoms with van der Waals surface area (Å²) in [6.07, 6.45) is 4.99. The van der Waals surface area contributed by atoms with Crippen molar-refractivity contribution in [3.05, 3.63) is 72.3 Å². The quantitative estimate of drug-likeness (QED) is 0.330. The molecule has 3 aromatic carbocycles. The number of thiazole rings is 1. The SMILES string of the molecule is CN(C1CCCCC1)S(=O)(=O)c1ccc(C(=O)Nc2ccc(-c3nc4ccccc4s3)c(O)c2)cc1. The van der Waals surface area contributed by atoms with Crippen molar-refractivity contribution in [2.24, 2.45) is 0 Å². The highest BCUT2D eigenvalue weighted by atomic mass is 32.2. The summed E-state index contributed by atoms with van der Waals surface area (Å²) in [6, 6.07) is 18.6. The molecule has 186 valence electrons. The molecule has 36 heavy (non-hydrogen) atoms. The second-order valence-corrected chi connectivity index (χ2v) is 12.0. The molecule has 1 fully saturated rings. The van der Waals surface area contributed by atoms with Gasteiger partial charge in [0.1, 0.15) is 10.8 Å². The van der Waals surface area contributed by atoms with Gasteiger partial charge in [0.15, 0.2) is 0 Å². The van der Waals surface area contributed by atoms with Crippen LogP contribution in [0.1, 0.15) is 42.5 Å². The summed E-state index contributed by atoms with van der Waals surface area (Å²) < 4.78 is 28.6. The van der Waals surface area contributed by atoms with E-state index >= 15 is 0 Å². The number of aromatic nitrogens is 1. The number of para-hydroxylation sites is 1. The molecule has 0 atom stereocenters. The molecule has 4 aromatic rings. The van der Waals surface area contributed by atoms with E-state index in [2.05, 4.69) is 10.3 Å². The van der Waals surface area contributed by atoms with Crippen LogP contribution in [-0.4, -0.2) is 41.8 Å². The van der Waals surface area contributed by atoms with Crippen LogP contribution in [0.5, 0.6) is 5.75 Å². The molecular formula is C27H27N3O4S2. The van der Waals surface area contributed by atoms with E-state index < -0.39 is 15.9 Å². The molecule has 1 aromatic heterocycles. The molecular weight excluding hydrogens is 494 g/mol. The summed E-state index contributed by atoms with van der Waals surface area (Å²) in [7, 11) is -1.99. The molecule has 0 spiro atoms. The number of hydrogen-bond acceptors (Lipinski definition) is 6. The van der Waals surface area contributed by atoms with Crippen molar-refractivity contribution in [1.82, 2.24) is 9.29 Å². The lowest BCUT2D eigenvalue weighted by atomic mass is 9.96. The summed E-state index contributed by atoms with van der Waals surface area (Å²) >= 11 is 1.48. The maximum Gasteiger partial charge on any atom is 0.255 e. The van der Waals surface area contributed by atoms with Crippen LogP contribution in [-0.2, 0) is 10.0 Å². The smallest absolute Gasteiger partial charge is 0.255 e. The van der Waals surface area contributed by atoms with Gasteiger partial charge in [-0.15, -0.1) is 11.3 Å². The fraction of sp³-hybridized carbons (Fsp3) is 0.259. The Hall–Kier alpha value is -3.27. The molecule has 2 N–H and O–H groups in total. The van der Waals surface area contributed by atoms with Crippen molar-refractivity contribution >= 4 is 43.2 Å². The second kappa shape index (κ2) is 10.0. The minimum Gasteiger partial charge on any atom is -0.507 e. The van der Waals surface area contributed by atoms with E-state index in [-0.39, 0.29) is 16.7 Å². The zero-order valence-corrected chi connectivity index (χ0v) is 21.5. The number of fused-ring (bicyclic) bond motifs is 1. The number of nitrogens with one attached hydrogen (secondary N) is 1. The summed E-state index contributed by atoms with van der Waals surface area (Å²) in [6.45, 7) is 0. The number of nitrogens with zero attached hydrogens (tertiary/aromatic N) is 2. The van der Waals surface area contributed by atoms with Crippen molar-refractivity contribution in [2.45, 2.75) is 43.0 Å². The van der Waals surface area contributed by atoms with Gasteiger partial charge < -0.3 is 10.4 Å². The van der Waals surface area contributed by atoms with E-state index in [0.717, 1.165) is 42.3 Å². The Labute approximate surface area is 214 Å². The zero-order valence-electron chi connectivity index (χ0n) is 19.8. The molecule has 1 aliphatic rings. The lowest BCUT2D eigenvalue weighted by Gasteiger charge is -2.30. The lowest BCUT2D eigenvalue weighted by molar-refractivity contribution is 0.102. The Balaban J connectivity index is 1.29. The van der Waals surface area contributed by atoms with Gasteiger partial charge in [-0.2, -0.15) is 4.31 Å². The molecule has 1 saturated carbocycles. The van der Waals surface area contributed by atoms with Gasteiger partial charge in [0.2, 0.25) is 10.0 Å². The predicted octanol–water partition coefficient (Wildman–Crippen LogP) is 5.87. The summed E-state index contributed by atoms with van der Waals surface area (Å²) in [5, 5.41) is 14.0. The van der Waals surface area contributed by atoms with Crippen LogP contribution in [0.25, 0.3) is 20.8 Å². The third-order valence-corrected chi connectivity index (χ3v) is 9.66. The van der Waals surface area contributed by atoms with Gasteiger partial charge in [0.05, 0.1) is 20.7 Å². The largest absolute Gasteiger partial charge is 0.507 e. The Morgan fingerprint density at radius 3 is 2.44 bits per heavy atom. The number of sulfonamides is 1. The second-order valence-electron chi connectivity index (χ2n) is 9.01. The first-order valence-corrected chi connectivity index (χ1v) is 14.2. The van der Waals surface area contributed by atoms with Crippen LogP contribution in [0.2, 0.25) is 0 Å². The molecule has 0 bridgehead atoms. The van der Waals surface area contributed by atoms with Gasteiger partial charge in [-0.3, -0.25) is 4.79 Å². The number of aromatic hydroxyl groups is 1. The number of benzene rings is 3. The first-order chi connectivity index (χ1) is 17.3. The number of phenolic OH excluding ortho intramolecular Hbond substituents is 1. The fourth-order valence-corrected chi connectivity index (χ4v) is 6.98. The number of carbonyl (C=O) groups excluding carboxylic acids is 1. The minimum absolute atomic E-state index is 0.0130. The Bertz CT molecular complexity index is 1470. The van der Waals surface area contributed by atoms with Crippen molar-refractivity contribution in [2.75, 3.05) is 12.4 Å². The van der Waals surface area contributed by atoms with Crippen molar-refractivity contribution in [1.29, 1.82) is 0 Å². The van der Waals surface area contributed by atoms with Crippen LogP contribution >= 0.6 is 11.3 Å². The highest BCUT2D eigenvalue weighted by molar-refractivity contribution is 7.89. The van der Waals surface area contributed by atoms with Crippen LogP contribution in [0.3, 0.4) is 0 Å². The van der Waals surface area contributed by atoms with Crippen molar-refractivity contribution < 1.29 is 18.3 Å². The number of hydrogen-bond donors (Lipinski definition) is 2. The molecule has 0 saturated heterocycles. The molecule has 1 heterocycles. The van der Waals surface area contributed by atoms with Gasteiger partial charge in [-0.1, -0.05) is 31.4 Å². The fourth-order valence-electron chi connectivity index (χ4n) is 4.57. The molecule has 7 nitrogen and oxygen atoms in total. The van der Waals surface area contributed by atoms with Crippen molar-refractivity contribution in [3.63, 3.8) is 0 Å². The van der Waals surface area contributed by atoms with Crippen molar-refractivity contribution in [3.8, 4) is 16.3 Å². The van der Waals surface area contributed by atoms with Crippen LogP contribution in [0.15, 0.2) is 71.6 Å². The zero-order chi connectivity index (χ0) is 25.3. The molecule has 0 unspecified atom stereocenters. The maximum absolute atomic E-state index is 13.0. The molecule has 0 radical (unpaired) electrons. The summed E-state index contributed by atoms with van der Waals surface area (Å²) in [4.78, 5) is 17.5. The normalized spacial score (nSPS) is 14.8. The first-order valence-electron chi connectivity index (χ1n) is 11.9. The average molecular weight is 522 g/mol. The molecule has 0 aliphatic heterocycles. The Kier molecular flexibility index (Phi) is 6.79. The number of rotatable bonds is 6. The molecule has 1 aliphatic carbocycles. The summed E-state index contributed by atoms with van der Waals surface area (Å²) in [5.74, 6) is -0.384. The van der Waals surface area contributed by atoms with Gasteiger partial charge >= 0.3 is 0 Å². The predicted molar refractivity (Wildman–Crippen MR) is 143 cm³/mol. The van der Waals surface area contributed by atoms with Gasteiger partial charge in [0.25, 0.3) is 5.91 Å². The van der Waals surface area contributed by atoms with E-state index in [4.69, 9.17) is 0 Å². The maximum atomic E-state index is 13.0. The van der Waals surface area contributed by atoms with E-state index in [0.29, 0.717) is 21.8 Å². The van der Waals surface area contributed by atoms with E-state index in [1.807, 2.05) is 24.3 Å². The molecule has 9 heteroatoms. The number of anilines is 1. The monoisotopic (exact) mass is 521 g/mol. The van der Waals surface area contributed by atoms with Gasteiger partial charge in [0, 0.05) is 30.4 Å².